The van der Waals surface area contributed by atoms with Crippen molar-refractivity contribution in [3.8, 4) is 0 Å². The van der Waals surface area contributed by atoms with Crippen LogP contribution in [0, 0.1) is 0 Å². The number of hydrogen-bond acceptors (Lipinski definition) is 4. The summed E-state index contributed by atoms with van der Waals surface area (Å²) in [5, 5.41) is 12.5. The predicted molar refractivity (Wildman–Crippen MR) is 94.3 cm³/mol. The van der Waals surface area contributed by atoms with E-state index in [1.807, 2.05) is 4.90 Å². The first kappa shape index (κ1) is 17.4. The molecule has 0 amide bonds. The zero-order chi connectivity index (χ0) is 16.8. The fourth-order valence-corrected chi connectivity index (χ4v) is 3.83. The number of carboxylic acids is 1. The van der Waals surface area contributed by atoms with Crippen LogP contribution in [0.3, 0.4) is 0 Å². The predicted octanol–water partition coefficient (Wildman–Crippen LogP) is 2.03. The van der Waals surface area contributed by atoms with Crippen LogP contribution >= 0.6 is 0 Å². The van der Waals surface area contributed by atoms with E-state index in [0.717, 1.165) is 51.7 Å². The van der Waals surface area contributed by atoms with Crippen LogP contribution in [0.15, 0.2) is 12.1 Å². The highest BCUT2D eigenvalue weighted by molar-refractivity contribution is 5.69. The Morgan fingerprint density at radius 1 is 1.25 bits per heavy atom. The largest absolute Gasteiger partial charge is 0.480 e. The molecule has 2 heterocycles. The Labute approximate surface area is 144 Å². The SMILES string of the molecule is O=C(O)CN1CCC(NCCCc2ccc3c(n2)CCCC3)CC1. The Bertz CT molecular complexity index is 554. The van der Waals surface area contributed by atoms with Gasteiger partial charge in [-0.2, -0.15) is 0 Å². The minimum atomic E-state index is -0.723. The highest BCUT2D eigenvalue weighted by Gasteiger charge is 2.20. The standard InChI is InChI=1S/C19H29N3O2/c23-19(24)14-22-12-9-16(10-13-22)20-11-3-5-17-8-7-15-4-1-2-6-18(15)21-17/h7-8,16,20H,1-6,9-14H2,(H,23,24). The summed E-state index contributed by atoms with van der Waals surface area (Å²) in [6.45, 7) is 2.96. The molecule has 1 aromatic heterocycles. The van der Waals surface area contributed by atoms with Crippen LogP contribution in [0.1, 0.15) is 49.1 Å². The van der Waals surface area contributed by atoms with E-state index >= 15 is 0 Å². The molecule has 1 saturated heterocycles. The molecular weight excluding hydrogens is 302 g/mol. The number of aromatic nitrogens is 1. The van der Waals surface area contributed by atoms with E-state index in [1.165, 1.54) is 36.2 Å². The van der Waals surface area contributed by atoms with Gasteiger partial charge in [-0.15, -0.1) is 0 Å². The molecule has 5 heteroatoms. The van der Waals surface area contributed by atoms with E-state index < -0.39 is 5.97 Å². The van der Waals surface area contributed by atoms with E-state index in [1.54, 1.807) is 0 Å². The molecule has 0 atom stereocenters. The smallest absolute Gasteiger partial charge is 0.317 e. The number of rotatable bonds is 7. The molecule has 1 aromatic rings. The second-order valence-electron chi connectivity index (χ2n) is 7.12. The van der Waals surface area contributed by atoms with Crippen molar-refractivity contribution in [3.05, 3.63) is 29.1 Å². The number of aliphatic carboxylic acids is 1. The number of piperidine rings is 1. The fourth-order valence-electron chi connectivity index (χ4n) is 3.83. The van der Waals surface area contributed by atoms with Gasteiger partial charge < -0.3 is 10.4 Å². The number of likely N-dealkylation sites (tertiary alicyclic amines) is 1. The molecule has 0 spiro atoms. The monoisotopic (exact) mass is 331 g/mol. The van der Waals surface area contributed by atoms with Crippen LogP contribution in [0.5, 0.6) is 0 Å². The lowest BCUT2D eigenvalue weighted by molar-refractivity contribution is -0.138. The molecule has 1 fully saturated rings. The van der Waals surface area contributed by atoms with Crippen LogP contribution in [-0.2, 0) is 24.1 Å². The highest BCUT2D eigenvalue weighted by atomic mass is 16.4. The first-order valence-corrected chi connectivity index (χ1v) is 9.36. The summed E-state index contributed by atoms with van der Waals surface area (Å²) in [4.78, 5) is 17.6. The molecule has 0 bridgehead atoms. The van der Waals surface area contributed by atoms with Crippen LogP contribution in [0.25, 0.3) is 0 Å². The van der Waals surface area contributed by atoms with E-state index in [-0.39, 0.29) is 6.54 Å². The summed E-state index contributed by atoms with van der Waals surface area (Å²) in [6.07, 6.45) is 9.18. The van der Waals surface area contributed by atoms with Gasteiger partial charge in [-0.25, -0.2) is 0 Å². The van der Waals surface area contributed by atoms with Crippen molar-refractivity contribution in [2.24, 2.45) is 0 Å². The first-order chi connectivity index (χ1) is 11.7. The third-order valence-corrected chi connectivity index (χ3v) is 5.22. The maximum Gasteiger partial charge on any atom is 0.317 e. The molecule has 0 radical (unpaired) electrons. The van der Waals surface area contributed by atoms with Gasteiger partial charge in [-0.1, -0.05) is 6.07 Å². The van der Waals surface area contributed by atoms with Crippen molar-refractivity contribution >= 4 is 5.97 Å². The number of carboxylic acid groups (broad SMARTS) is 1. The number of aryl methyl sites for hydroxylation is 3. The van der Waals surface area contributed by atoms with Crippen molar-refractivity contribution in [3.63, 3.8) is 0 Å². The summed E-state index contributed by atoms with van der Waals surface area (Å²) in [5.41, 5.74) is 4.02. The molecule has 0 aromatic carbocycles. The van der Waals surface area contributed by atoms with Gasteiger partial charge in [0.25, 0.3) is 0 Å². The summed E-state index contributed by atoms with van der Waals surface area (Å²) in [5.74, 6) is -0.723. The lowest BCUT2D eigenvalue weighted by atomic mass is 9.95. The van der Waals surface area contributed by atoms with Crippen LogP contribution in [-0.4, -0.2) is 53.2 Å². The Morgan fingerprint density at radius 3 is 2.83 bits per heavy atom. The molecule has 0 saturated carbocycles. The summed E-state index contributed by atoms with van der Waals surface area (Å²) >= 11 is 0. The van der Waals surface area contributed by atoms with Gasteiger partial charge in [-0.05, 0) is 69.5 Å². The van der Waals surface area contributed by atoms with Crippen molar-refractivity contribution in [1.29, 1.82) is 0 Å². The first-order valence-electron chi connectivity index (χ1n) is 9.36. The number of hydrogen-bond donors (Lipinski definition) is 2. The number of carbonyl (C=O) groups is 1. The average Bonchev–Trinajstić information content (AvgIpc) is 2.59. The minimum absolute atomic E-state index is 0.177. The van der Waals surface area contributed by atoms with Gasteiger partial charge in [-0.3, -0.25) is 14.7 Å². The number of pyridine rings is 1. The zero-order valence-corrected chi connectivity index (χ0v) is 14.5. The van der Waals surface area contributed by atoms with Gasteiger partial charge in [0.1, 0.15) is 0 Å². The Kier molecular flexibility index (Phi) is 6.21. The van der Waals surface area contributed by atoms with Crippen molar-refractivity contribution in [1.82, 2.24) is 15.2 Å². The highest BCUT2D eigenvalue weighted by Crippen LogP contribution is 2.20. The third-order valence-electron chi connectivity index (χ3n) is 5.22. The second kappa shape index (κ2) is 8.58. The molecule has 5 nitrogen and oxygen atoms in total. The van der Waals surface area contributed by atoms with Gasteiger partial charge >= 0.3 is 5.97 Å². The maximum atomic E-state index is 10.7. The number of fused-ring (bicyclic) bond motifs is 1. The van der Waals surface area contributed by atoms with Crippen molar-refractivity contribution in [2.45, 2.75) is 57.4 Å². The van der Waals surface area contributed by atoms with Gasteiger partial charge in [0.15, 0.2) is 0 Å². The average molecular weight is 331 g/mol. The minimum Gasteiger partial charge on any atom is -0.480 e. The molecule has 2 aliphatic rings. The molecular formula is C19H29N3O2. The Balaban J connectivity index is 1.34. The third kappa shape index (κ3) is 5.02. The van der Waals surface area contributed by atoms with Crippen molar-refractivity contribution < 1.29 is 9.90 Å². The topological polar surface area (TPSA) is 65.5 Å². The Morgan fingerprint density at radius 2 is 2.04 bits per heavy atom. The zero-order valence-electron chi connectivity index (χ0n) is 14.5. The molecule has 3 rings (SSSR count). The normalized spacial score (nSPS) is 19.2. The lowest BCUT2D eigenvalue weighted by Crippen LogP contribution is -2.44. The number of nitrogens with one attached hydrogen (secondary N) is 1. The van der Waals surface area contributed by atoms with Gasteiger partial charge in [0.05, 0.1) is 6.54 Å². The van der Waals surface area contributed by atoms with E-state index in [0.29, 0.717) is 6.04 Å². The van der Waals surface area contributed by atoms with Crippen LogP contribution in [0.4, 0.5) is 0 Å². The molecule has 1 aliphatic carbocycles. The number of nitrogens with zero attached hydrogens (tertiary/aromatic N) is 2. The maximum absolute atomic E-state index is 10.7. The van der Waals surface area contributed by atoms with E-state index in [2.05, 4.69) is 17.4 Å². The second-order valence-corrected chi connectivity index (χ2v) is 7.12. The van der Waals surface area contributed by atoms with Crippen molar-refractivity contribution in [2.75, 3.05) is 26.2 Å². The van der Waals surface area contributed by atoms with Crippen LogP contribution in [0.2, 0.25) is 0 Å². The molecule has 1 aliphatic heterocycles. The van der Waals surface area contributed by atoms with Gasteiger partial charge in [0.2, 0.25) is 0 Å². The molecule has 2 N–H and O–H groups in total. The lowest BCUT2D eigenvalue weighted by Gasteiger charge is -2.31. The van der Waals surface area contributed by atoms with E-state index in [4.69, 9.17) is 10.1 Å². The van der Waals surface area contributed by atoms with E-state index in [9.17, 15) is 4.79 Å². The van der Waals surface area contributed by atoms with Gasteiger partial charge in [0, 0.05) is 30.5 Å². The summed E-state index contributed by atoms with van der Waals surface area (Å²) in [6, 6.07) is 5.02. The molecule has 24 heavy (non-hydrogen) atoms. The van der Waals surface area contributed by atoms with Crippen LogP contribution < -0.4 is 5.32 Å². The molecule has 132 valence electrons. The fraction of sp³-hybridized carbons (Fsp3) is 0.684. The molecule has 0 unspecified atom stereocenters. The quantitative estimate of drug-likeness (QED) is 0.749. The summed E-state index contributed by atoms with van der Waals surface area (Å²) < 4.78 is 0. The Hall–Kier alpha value is -1.46. The summed E-state index contributed by atoms with van der Waals surface area (Å²) in [7, 11) is 0.